The Morgan fingerprint density at radius 2 is 1.79 bits per heavy atom. The molecule has 4 rings (SSSR count). The lowest BCUT2D eigenvalue weighted by atomic mass is 9.97. The summed E-state index contributed by atoms with van der Waals surface area (Å²) in [6.07, 6.45) is 2.32. The zero-order chi connectivity index (χ0) is 20.4. The number of aryl methyl sites for hydroxylation is 1. The van der Waals surface area contributed by atoms with Crippen LogP contribution in [0.5, 0.6) is 0 Å². The fourth-order valence-corrected chi connectivity index (χ4v) is 4.56. The maximum atomic E-state index is 6.16. The molecule has 2 aromatic carbocycles. The molecule has 0 saturated carbocycles. The molecule has 4 heteroatoms. The van der Waals surface area contributed by atoms with E-state index in [2.05, 4.69) is 84.2 Å². The van der Waals surface area contributed by atoms with Crippen LogP contribution in [-0.2, 0) is 6.54 Å². The second-order valence-electron chi connectivity index (χ2n) is 8.41. The van der Waals surface area contributed by atoms with Crippen molar-refractivity contribution in [3.63, 3.8) is 0 Å². The standard InChI is InChI=1S/C25H30ClN3/c1-18(2)15-29-16-19(3)24(20-9-11-21(26)12-10-20)25(29)23-17-28(14-13-27-23)22-7-5-4-6-8-22/h4-12,16,18,23,27H,13-15,17H2,1-3H3. The fraction of sp³-hybridized carbons (Fsp3) is 0.360. The maximum Gasteiger partial charge on any atom is 0.0660 e. The first-order chi connectivity index (χ1) is 14.0. The number of anilines is 1. The van der Waals surface area contributed by atoms with Gasteiger partial charge in [0.15, 0.2) is 0 Å². The van der Waals surface area contributed by atoms with Crippen molar-refractivity contribution >= 4 is 17.3 Å². The Labute approximate surface area is 179 Å². The van der Waals surface area contributed by atoms with Crippen LogP contribution in [0.25, 0.3) is 11.1 Å². The van der Waals surface area contributed by atoms with Gasteiger partial charge >= 0.3 is 0 Å². The number of hydrogen-bond acceptors (Lipinski definition) is 2. The quantitative estimate of drug-likeness (QED) is 0.566. The van der Waals surface area contributed by atoms with Crippen molar-refractivity contribution in [2.45, 2.75) is 33.4 Å². The lowest BCUT2D eigenvalue weighted by Crippen LogP contribution is -2.46. The molecular weight excluding hydrogens is 378 g/mol. The number of para-hydroxylation sites is 1. The van der Waals surface area contributed by atoms with E-state index >= 15 is 0 Å². The van der Waals surface area contributed by atoms with Gasteiger partial charge in [-0.25, -0.2) is 0 Å². The second-order valence-corrected chi connectivity index (χ2v) is 8.85. The second kappa shape index (κ2) is 8.64. The van der Waals surface area contributed by atoms with Crippen molar-refractivity contribution < 1.29 is 0 Å². The van der Waals surface area contributed by atoms with Gasteiger partial charge in [-0.2, -0.15) is 0 Å². The lowest BCUT2D eigenvalue weighted by Gasteiger charge is -2.36. The molecule has 29 heavy (non-hydrogen) atoms. The van der Waals surface area contributed by atoms with E-state index in [4.69, 9.17) is 11.6 Å². The van der Waals surface area contributed by atoms with Crippen LogP contribution in [-0.4, -0.2) is 24.2 Å². The molecule has 1 saturated heterocycles. The molecule has 0 radical (unpaired) electrons. The minimum absolute atomic E-state index is 0.280. The van der Waals surface area contributed by atoms with Crippen molar-refractivity contribution in [3.8, 4) is 11.1 Å². The van der Waals surface area contributed by atoms with Crippen LogP contribution in [0.3, 0.4) is 0 Å². The van der Waals surface area contributed by atoms with Gasteiger partial charge in [0.25, 0.3) is 0 Å². The minimum Gasteiger partial charge on any atom is -0.368 e. The van der Waals surface area contributed by atoms with Gasteiger partial charge in [0.1, 0.15) is 0 Å². The highest BCUT2D eigenvalue weighted by atomic mass is 35.5. The van der Waals surface area contributed by atoms with Crippen LogP contribution in [0.15, 0.2) is 60.8 Å². The van der Waals surface area contributed by atoms with Crippen molar-refractivity contribution in [2.75, 3.05) is 24.5 Å². The third-order valence-corrected chi connectivity index (χ3v) is 5.88. The molecule has 152 valence electrons. The summed E-state index contributed by atoms with van der Waals surface area (Å²) in [7, 11) is 0. The Hall–Kier alpha value is -2.23. The van der Waals surface area contributed by atoms with Crippen LogP contribution >= 0.6 is 11.6 Å². The Kier molecular flexibility index (Phi) is 5.98. The summed E-state index contributed by atoms with van der Waals surface area (Å²) >= 11 is 6.16. The summed E-state index contributed by atoms with van der Waals surface area (Å²) in [5, 5.41) is 4.57. The number of rotatable bonds is 5. The normalized spacial score (nSPS) is 17.1. The zero-order valence-electron chi connectivity index (χ0n) is 17.5. The molecule has 1 unspecified atom stereocenters. The highest BCUT2D eigenvalue weighted by Gasteiger charge is 2.28. The van der Waals surface area contributed by atoms with E-state index in [0.717, 1.165) is 31.2 Å². The largest absolute Gasteiger partial charge is 0.368 e. The molecule has 0 aliphatic carbocycles. The summed E-state index contributed by atoms with van der Waals surface area (Å²) in [6, 6.07) is 19.3. The summed E-state index contributed by atoms with van der Waals surface area (Å²) in [4.78, 5) is 2.49. The van der Waals surface area contributed by atoms with Gasteiger partial charge in [0.05, 0.1) is 6.04 Å². The Bertz CT molecular complexity index is 944. The van der Waals surface area contributed by atoms with Crippen molar-refractivity contribution in [2.24, 2.45) is 5.92 Å². The van der Waals surface area contributed by atoms with Crippen LogP contribution in [0, 0.1) is 12.8 Å². The fourth-order valence-electron chi connectivity index (χ4n) is 4.43. The SMILES string of the molecule is Cc1cn(CC(C)C)c(C2CN(c3ccccc3)CCN2)c1-c1ccc(Cl)cc1. The van der Waals surface area contributed by atoms with Gasteiger partial charge in [-0.3, -0.25) is 0 Å². The van der Waals surface area contributed by atoms with Crippen molar-refractivity contribution in [1.82, 2.24) is 9.88 Å². The lowest BCUT2D eigenvalue weighted by molar-refractivity contribution is 0.429. The average molecular weight is 408 g/mol. The smallest absolute Gasteiger partial charge is 0.0660 e. The number of piperazine rings is 1. The Morgan fingerprint density at radius 3 is 2.48 bits per heavy atom. The summed E-state index contributed by atoms with van der Waals surface area (Å²) in [5.74, 6) is 0.590. The number of benzene rings is 2. The van der Waals surface area contributed by atoms with E-state index in [0.29, 0.717) is 5.92 Å². The van der Waals surface area contributed by atoms with Crippen LogP contribution < -0.4 is 10.2 Å². The molecule has 0 amide bonds. The van der Waals surface area contributed by atoms with Crippen molar-refractivity contribution in [1.29, 1.82) is 0 Å². The van der Waals surface area contributed by atoms with Crippen LogP contribution in [0.4, 0.5) is 5.69 Å². The van der Waals surface area contributed by atoms with Gasteiger partial charge in [0, 0.05) is 54.3 Å². The molecule has 3 aromatic rings. The maximum absolute atomic E-state index is 6.16. The third-order valence-electron chi connectivity index (χ3n) is 5.63. The minimum atomic E-state index is 0.280. The molecule has 0 spiro atoms. The van der Waals surface area contributed by atoms with Gasteiger partial charge in [-0.15, -0.1) is 0 Å². The first-order valence-corrected chi connectivity index (χ1v) is 10.9. The van der Waals surface area contributed by atoms with E-state index in [1.807, 2.05) is 12.1 Å². The molecule has 3 nitrogen and oxygen atoms in total. The number of nitrogens with zero attached hydrogens (tertiary/aromatic N) is 2. The molecule has 1 fully saturated rings. The molecule has 1 aliphatic rings. The molecule has 2 heterocycles. The number of hydrogen-bond donors (Lipinski definition) is 1. The van der Waals surface area contributed by atoms with Crippen molar-refractivity contribution in [3.05, 3.63) is 77.1 Å². The topological polar surface area (TPSA) is 20.2 Å². The Morgan fingerprint density at radius 1 is 1.07 bits per heavy atom. The monoisotopic (exact) mass is 407 g/mol. The van der Waals surface area contributed by atoms with E-state index in [1.165, 1.54) is 28.1 Å². The van der Waals surface area contributed by atoms with Gasteiger partial charge in [0.2, 0.25) is 0 Å². The number of nitrogens with one attached hydrogen (secondary N) is 1. The molecule has 1 atom stereocenters. The highest BCUT2D eigenvalue weighted by molar-refractivity contribution is 6.30. The first-order valence-electron chi connectivity index (χ1n) is 10.5. The third kappa shape index (κ3) is 4.36. The van der Waals surface area contributed by atoms with Crippen LogP contribution in [0.1, 0.15) is 31.1 Å². The van der Waals surface area contributed by atoms with E-state index in [9.17, 15) is 0 Å². The van der Waals surface area contributed by atoms with Gasteiger partial charge in [-0.05, 0) is 48.2 Å². The molecular formula is C25H30ClN3. The molecule has 0 bridgehead atoms. The predicted octanol–water partition coefficient (Wildman–Crippen LogP) is 5.92. The molecule has 1 aromatic heterocycles. The summed E-state index contributed by atoms with van der Waals surface area (Å²) < 4.78 is 2.47. The number of halogens is 1. The number of aromatic nitrogens is 1. The highest BCUT2D eigenvalue weighted by Crippen LogP contribution is 2.36. The summed E-state index contributed by atoms with van der Waals surface area (Å²) in [6.45, 7) is 10.8. The van der Waals surface area contributed by atoms with E-state index in [-0.39, 0.29) is 6.04 Å². The van der Waals surface area contributed by atoms with E-state index in [1.54, 1.807) is 0 Å². The molecule has 1 N–H and O–H groups in total. The molecule has 1 aliphatic heterocycles. The van der Waals surface area contributed by atoms with Gasteiger partial charge < -0.3 is 14.8 Å². The van der Waals surface area contributed by atoms with Gasteiger partial charge in [-0.1, -0.05) is 55.8 Å². The van der Waals surface area contributed by atoms with Crippen LogP contribution in [0.2, 0.25) is 5.02 Å². The summed E-state index contributed by atoms with van der Waals surface area (Å²) in [5.41, 5.74) is 6.59. The Balaban J connectivity index is 1.75. The zero-order valence-corrected chi connectivity index (χ0v) is 18.3. The van der Waals surface area contributed by atoms with E-state index < -0.39 is 0 Å². The first kappa shape index (κ1) is 20.1. The average Bonchev–Trinajstić information content (AvgIpc) is 3.04. The predicted molar refractivity (Wildman–Crippen MR) is 124 cm³/mol.